The number of esters is 1. The van der Waals surface area contributed by atoms with Crippen molar-refractivity contribution in [2.45, 2.75) is 51.1 Å². The number of ether oxygens (including phenoxy) is 1. The van der Waals surface area contributed by atoms with Crippen molar-refractivity contribution in [1.82, 2.24) is 10.2 Å². The van der Waals surface area contributed by atoms with Crippen LogP contribution in [-0.2, 0) is 14.3 Å². The number of nitrogens with one attached hydrogen (secondary N) is 2. The van der Waals surface area contributed by atoms with Gasteiger partial charge in [-0.2, -0.15) is 0 Å². The molecule has 0 radical (unpaired) electrons. The molecule has 1 aliphatic heterocycles. The Morgan fingerprint density at radius 1 is 1.22 bits per heavy atom. The van der Waals surface area contributed by atoms with E-state index in [1.165, 1.54) is 7.11 Å². The van der Waals surface area contributed by atoms with E-state index < -0.39 is 12.1 Å². The molecule has 27 heavy (non-hydrogen) atoms. The van der Waals surface area contributed by atoms with Crippen molar-refractivity contribution in [3.63, 3.8) is 0 Å². The number of likely N-dealkylation sites (tertiary alicyclic amines) is 1. The van der Waals surface area contributed by atoms with Gasteiger partial charge >= 0.3 is 12.0 Å². The zero-order valence-electron chi connectivity index (χ0n) is 15.9. The second kappa shape index (κ2) is 8.41. The highest BCUT2D eigenvalue weighted by molar-refractivity contribution is 5.93. The largest absolute Gasteiger partial charge is 0.467 e. The van der Waals surface area contributed by atoms with Crippen LogP contribution >= 0.6 is 0 Å². The van der Waals surface area contributed by atoms with Crippen LogP contribution in [0.2, 0.25) is 0 Å². The van der Waals surface area contributed by atoms with Gasteiger partial charge in [-0.1, -0.05) is 25.0 Å². The third-order valence-electron chi connectivity index (χ3n) is 5.53. The minimum atomic E-state index is -0.544. The molecule has 3 amide bonds. The van der Waals surface area contributed by atoms with Gasteiger partial charge in [-0.15, -0.1) is 0 Å². The van der Waals surface area contributed by atoms with E-state index in [4.69, 9.17) is 4.74 Å². The van der Waals surface area contributed by atoms with Crippen LogP contribution in [0.4, 0.5) is 10.5 Å². The molecule has 0 bridgehead atoms. The smallest absolute Gasteiger partial charge is 0.328 e. The van der Waals surface area contributed by atoms with E-state index in [2.05, 4.69) is 10.6 Å². The van der Waals surface area contributed by atoms with Gasteiger partial charge in [0.2, 0.25) is 5.91 Å². The van der Waals surface area contributed by atoms with Crippen LogP contribution in [-0.4, -0.2) is 48.5 Å². The molecule has 1 heterocycles. The topological polar surface area (TPSA) is 87.7 Å². The average Bonchev–Trinajstić information content (AvgIpc) is 3.05. The van der Waals surface area contributed by atoms with Crippen LogP contribution in [0.5, 0.6) is 0 Å². The van der Waals surface area contributed by atoms with Crippen molar-refractivity contribution in [3.8, 4) is 0 Å². The Balaban J connectivity index is 1.61. The van der Waals surface area contributed by atoms with Gasteiger partial charge in [0.05, 0.1) is 13.7 Å². The SMILES string of the molecule is COC(=O)[C@@H]1C[C@H]2CCCC[C@@H]2N1C(=O)CNC(=O)Nc1cccc(C)c1. The van der Waals surface area contributed by atoms with Crippen molar-refractivity contribution in [3.05, 3.63) is 29.8 Å². The Kier molecular flexibility index (Phi) is 5.98. The highest BCUT2D eigenvalue weighted by atomic mass is 16.5. The lowest BCUT2D eigenvalue weighted by atomic mass is 9.85. The molecule has 7 heteroatoms. The van der Waals surface area contributed by atoms with Gasteiger partial charge in [0.15, 0.2) is 0 Å². The molecule has 0 unspecified atom stereocenters. The summed E-state index contributed by atoms with van der Waals surface area (Å²) in [5, 5.41) is 5.32. The lowest BCUT2D eigenvalue weighted by Crippen LogP contribution is -2.50. The van der Waals surface area contributed by atoms with Gasteiger partial charge in [0, 0.05) is 11.7 Å². The third-order valence-corrected chi connectivity index (χ3v) is 5.53. The van der Waals surface area contributed by atoms with E-state index in [1.807, 2.05) is 25.1 Å². The van der Waals surface area contributed by atoms with E-state index >= 15 is 0 Å². The summed E-state index contributed by atoms with van der Waals surface area (Å²) in [4.78, 5) is 38.8. The molecular weight excluding hydrogens is 346 g/mol. The molecule has 1 saturated heterocycles. The molecule has 7 nitrogen and oxygen atoms in total. The van der Waals surface area contributed by atoms with Gasteiger partial charge in [-0.05, 0) is 49.8 Å². The molecule has 1 saturated carbocycles. The lowest BCUT2D eigenvalue weighted by Gasteiger charge is -2.33. The summed E-state index contributed by atoms with van der Waals surface area (Å²) in [7, 11) is 1.35. The number of methoxy groups -OCH3 is 1. The minimum absolute atomic E-state index is 0.0667. The number of hydrogen-bond donors (Lipinski definition) is 2. The van der Waals surface area contributed by atoms with E-state index in [-0.39, 0.29) is 24.5 Å². The van der Waals surface area contributed by atoms with Crippen LogP contribution in [0.1, 0.15) is 37.7 Å². The molecule has 2 fully saturated rings. The van der Waals surface area contributed by atoms with Crippen molar-refractivity contribution in [2.75, 3.05) is 19.0 Å². The molecule has 0 spiro atoms. The minimum Gasteiger partial charge on any atom is -0.467 e. The summed E-state index contributed by atoms with van der Waals surface area (Å²) in [6.45, 7) is 1.79. The Hall–Kier alpha value is -2.57. The normalized spacial score (nSPS) is 24.1. The van der Waals surface area contributed by atoms with Crippen LogP contribution in [0.25, 0.3) is 0 Å². The second-order valence-corrected chi connectivity index (χ2v) is 7.36. The number of nitrogens with zero attached hydrogens (tertiary/aromatic N) is 1. The van der Waals surface area contributed by atoms with Crippen LogP contribution in [0, 0.1) is 12.8 Å². The van der Waals surface area contributed by atoms with E-state index in [9.17, 15) is 14.4 Å². The van der Waals surface area contributed by atoms with Crippen LogP contribution < -0.4 is 10.6 Å². The fourth-order valence-corrected chi connectivity index (χ4v) is 4.31. The number of amides is 3. The Morgan fingerprint density at radius 2 is 2.00 bits per heavy atom. The molecule has 2 aliphatic rings. The average molecular weight is 373 g/mol. The first kappa shape index (κ1) is 19.2. The molecule has 1 aromatic carbocycles. The number of urea groups is 1. The number of carbonyl (C=O) groups is 3. The fourth-order valence-electron chi connectivity index (χ4n) is 4.31. The van der Waals surface area contributed by atoms with Gasteiger partial charge in [0.25, 0.3) is 0 Å². The van der Waals surface area contributed by atoms with Gasteiger partial charge in [-0.25, -0.2) is 9.59 Å². The summed E-state index contributed by atoms with van der Waals surface area (Å²) >= 11 is 0. The van der Waals surface area contributed by atoms with E-state index in [0.29, 0.717) is 18.0 Å². The monoisotopic (exact) mass is 373 g/mol. The lowest BCUT2D eigenvalue weighted by molar-refractivity contribution is -0.152. The first-order valence-corrected chi connectivity index (χ1v) is 9.50. The molecule has 146 valence electrons. The van der Waals surface area contributed by atoms with Gasteiger partial charge in [-0.3, -0.25) is 4.79 Å². The van der Waals surface area contributed by atoms with E-state index in [0.717, 1.165) is 31.2 Å². The zero-order valence-corrected chi connectivity index (χ0v) is 15.9. The maximum atomic E-state index is 12.8. The summed E-state index contributed by atoms with van der Waals surface area (Å²) in [6.07, 6.45) is 4.77. The summed E-state index contributed by atoms with van der Waals surface area (Å²) in [5.41, 5.74) is 1.70. The quantitative estimate of drug-likeness (QED) is 0.794. The number of benzene rings is 1. The maximum Gasteiger partial charge on any atom is 0.328 e. The Bertz CT molecular complexity index is 721. The highest BCUT2D eigenvalue weighted by Gasteiger charge is 2.47. The van der Waals surface area contributed by atoms with Crippen molar-refractivity contribution in [1.29, 1.82) is 0 Å². The number of fused-ring (bicyclic) bond motifs is 1. The highest BCUT2D eigenvalue weighted by Crippen LogP contribution is 2.40. The van der Waals surface area contributed by atoms with E-state index in [1.54, 1.807) is 11.0 Å². The number of hydrogen-bond acceptors (Lipinski definition) is 4. The number of anilines is 1. The molecule has 2 N–H and O–H groups in total. The zero-order chi connectivity index (χ0) is 19.4. The standard InChI is InChI=1S/C20H27N3O4/c1-13-6-5-8-15(10-13)22-20(26)21-12-18(24)23-16-9-4-3-7-14(16)11-17(23)19(25)27-2/h5-6,8,10,14,16-17H,3-4,7,9,11-12H2,1-2H3,(H2,21,22,26)/t14-,16+,17+/m1/s1. The third kappa shape index (κ3) is 4.40. The summed E-state index contributed by atoms with van der Waals surface area (Å²) < 4.78 is 4.90. The summed E-state index contributed by atoms with van der Waals surface area (Å²) in [5.74, 6) is -0.269. The fraction of sp³-hybridized carbons (Fsp3) is 0.550. The number of aryl methyl sites for hydroxylation is 1. The van der Waals surface area contributed by atoms with Crippen molar-refractivity contribution < 1.29 is 19.1 Å². The molecule has 3 rings (SSSR count). The van der Waals surface area contributed by atoms with Crippen molar-refractivity contribution in [2.24, 2.45) is 5.92 Å². The number of carbonyl (C=O) groups excluding carboxylic acids is 3. The second-order valence-electron chi connectivity index (χ2n) is 7.36. The summed E-state index contributed by atoms with van der Waals surface area (Å²) in [6, 6.07) is 6.51. The molecule has 1 aliphatic carbocycles. The predicted molar refractivity (Wildman–Crippen MR) is 101 cm³/mol. The Labute approximate surface area is 159 Å². The van der Waals surface area contributed by atoms with Crippen LogP contribution in [0.15, 0.2) is 24.3 Å². The van der Waals surface area contributed by atoms with Crippen molar-refractivity contribution >= 4 is 23.6 Å². The number of rotatable bonds is 4. The first-order valence-electron chi connectivity index (χ1n) is 9.50. The predicted octanol–water partition coefficient (Wildman–Crippen LogP) is 2.45. The molecule has 3 atom stereocenters. The first-order chi connectivity index (χ1) is 13.0. The van der Waals surface area contributed by atoms with Crippen LogP contribution in [0.3, 0.4) is 0 Å². The molecular formula is C20H27N3O4. The molecule has 0 aromatic heterocycles. The Morgan fingerprint density at radius 3 is 2.74 bits per heavy atom. The maximum absolute atomic E-state index is 12.8. The van der Waals surface area contributed by atoms with Gasteiger partial charge < -0.3 is 20.3 Å². The van der Waals surface area contributed by atoms with Gasteiger partial charge in [0.1, 0.15) is 6.04 Å². The molecule has 1 aromatic rings.